The average molecular weight is 476 g/mol. The summed E-state index contributed by atoms with van der Waals surface area (Å²) in [5, 5.41) is 1.95. The summed E-state index contributed by atoms with van der Waals surface area (Å²) in [4.78, 5) is 17.5. The van der Waals surface area contributed by atoms with Crippen molar-refractivity contribution in [3.8, 4) is 0 Å². The number of aromatic nitrogens is 1. The summed E-state index contributed by atoms with van der Waals surface area (Å²) < 4.78 is 36.2. The summed E-state index contributed by atoms with van der Waals surface area (Å²) in [7, 11) is -3.74. The van der Waals surface area contributed by atoms with Crippen LogP contribution >= 0.6 is 11.3 Å². The molecule has 1 aromatic carbocycles. The number of thiophene rings is 1. The van der Waals surface area contributed by atoms with E-state index in [0.717, 1.165) is 28.6 Å². The smallest absolute Gasteiger partial charge is 0.340 e. The van der Waals surface area contributed by atoms with E-state index in [-0.39, 0.29) is 17.5 Å². The monoisotopic (exact) mass is 475 g/mol. The zero-order chi connectivity index (χ0) is 23.4. The minimum atomic E-state index is -3.74. The highest BCUT2D eigenvalue weighted by molar-refractivity contribution is 7.86. The fourth-order valence-corrected chi connectivity index (χ4v) is 4.85. The van der Waals surface area contributed by atoms with Crippen molar-refractivity contribution >= 4 is 37.6 Å². The lowest BCUT2D eigenvalue weighted by Gasteiger charge is -2.20. The van der Waals surface area contributed by atoms with Gasteiger partial charge in [0.05, 0.1) is 33.0 Å². The van der Waals surface area contributed by atoms with Crippen LogP contribution in [0.2, 0.25) is 0 Å². The molecular formula is C24H29NO5S2. The van der Waals surface area contributed by atoms with Crippen LogP contribution in [-0.4, -0.2) is 31.6 Å². The number of aryl methyl sites for hydroxylation is 2. The van der Waals surface area contributed by atoms with Crippen molar-refractivity contribution < 1.29 is 22.1 Å². The highest BCUT2D eigenvalue weighted by Crippen LogP contribution is 2.25. The average Bonchev–Trinajstić information content (AvgIpc) is 3.16. The first-order chi connectivity index (χ1) is 15.0. The fraction of sp³-hybridized carbons (Fsp3) is 0.417. The van der Waals surface area contributed by atoms with Crippen LogP contribution in [0, 0.1) is 6.92 Å². The number of carbonyl (C=O) groups excluding carboxylic acids is 1. The van der Waals surface area contributed by atoms with Crippen LogP contribution in [0.15, 0.2) is 46.7 Å². The van der Waals surface area contributed by atoms with Crippen LogP contribution in [0.1, 0.15) is 61.6 Å². The lowest BCUT2D eigenvalue weighted by atomic mass is 10.1. The molecule has 0 aliphatic rings. The van der Waals surface area contributed by atoms with E-state index in [9.17, 15) is 13.2 Å². The molecule has 0 bridgehead atoms. The standard InChI is InChI=1S/C24H29NO5S2/c1-17-9-11-18(12-10-17)32(27,28)29-14-7-5-6-8-20-19(23(26)30-24(2,3)4)16-22-21(25-20)13-15-31-22/h9-13,15-16H,5-8,14H2,1-4H3. The molecule has 32 heavy (non-hydrogen) atoms. The third-order valence-electron chi connectivity index (χ3n) is 4.74. The van der Waals surface area contributed by atoms with Crippen LogP contribution < -0.4 is 0 Å². The first-order valence-corrected chi connectivity index (χ1v) is 12.9. The minimum absolute atomic E-state index is 0.117. The van der Waals surface area contributed by atoms with Gasteiger partial charge in [-0.15, -0.1) is 11.3 Å². The molecule has 8 heteroatoms. The molecule has 2 aromatic heterocycles. The molecule has 3 aromatic rings. The predicted octanol–water partition coefficient (Wildman–Crippen LogP) is 5.68. The summed E-state index contributed by atoms with van der Waals surface area (Å²) in [6.45, 7) is 7.54. The Morgan fingerprint density at radius 2 is 1.78 bits per heavy atom. The number of esters is 1. The van der Waals surface area contributed by atoms with E-state index in [0.29, 0.717) is 24.1 Å². The van der Waals surface area contributed by atoms with E-state index >= 15 is 0 Å². The molecule has 2 heterocycles. The third kappa shape index (κ3) is 6.60. The van der Waals surface area contributed by atoms with Gasteiger partial charge in [-0.3, -0.25) is 9.17 Å². The number of rotatable bonds is 9. The number of unbranched alkanes of at least 4 members (excludes halogenated alkanes) is 2. The molecule has 0 unspecified atom stereocenters. The van der Waals surface area contributed by atoms with Crippen molar-refractivity contribution in [3.63, 3.8) is 0 Å². The number of hydrogen-bond acceptors (Lipinski definition) is 7. The Kier molecular flexibility index (Phi) is 7.69. The number of ether oxygens (including phenoxy) is 1. The number of benzene rings is 1. The van der Waals surface area contributed by atoms with Crippen molar-refractivity contribution in [2.24, 2.45) is 0 Å². The van der Waals surface area contributed by atoms with Gasteiger partial charge in [-0.2, -0.15) is 8.42 Å². The second-order valence-electron chi connectivity index (χ2n) is 8.69. The Hall–Kier alpha value is -2.29. The molecule has 6 nitrogen and oxygen atoms in total. The Morgan fingerprint density at radius 3 is 2.47 bits per heavy atom. The van der Waals surface area contributed by atoms with E-state index in [1.807, 2.05) is 45.2 Å². The first-order valence-electron chi connectivity index (χ1n) is 10.6. The van der Waals surface area contributed by atoms with Gasteiger partial charge in [0.2, 0.25) is 0 Å². The van der Waals surface area contributed by atoms with Crippen LogP contribution in [0.3, 0.4) is 0 Å². The van der Waals surface area contributed by atoms with Gasteiger partial charge >= 0.3 is 5.97 Å². The van der Waals surface area contributed by atoms with Crippen molar-refractivity contribution in [2.75, 3.05) is 6.61 Å². The van der Waals surface area contributed by atoms with Gasteiger partial charge in [0.25, 0.3) is 10.1 Å². The molecule has 0 spiro atoms. The molecule has 0 N–H and O–H groups in total. The zero-order valence-corrected chi connectivity index (χ0v) is 20.5. The largest absolute Gasteiger partial charge is 0.456 e. The maximum Gasteiger partial charge on any atom is 0.340 e. The number of fused-ring (bicyclic) bond motifs is 1. The molecule has 172 valence electrons. The number of hydrogen-bond donors (Lipinski definition) is 0. The van der Waals surface area contributed by atoms with E-state index in [2.05, 4.69) is 4.98 Å². The Balaban J connectivity index is 1.56. The van der Waals surface area contributed by atoms with Crippen molar-refractivity contribution in [2.45, 2.75) is 63.9 Å². The number of pyridine rings is 1. The number of carbonyl (C=O) groups is 1. The summed E-state index contributed by atoms with van der Waals surface area (Å²) >= 11 is 1.54. The fourth-order valence-electron chi connectivity index (χ4n) is 3.15. The van der Waals surface area contributed by atoms with Gasteiger partial charge in [-0.25, -0.2) is 4.79 Å². The van der Waals surface area contributed by atoms with E-state index in [1.165, 1.54) is 11.3 Å². The molecular weight excluding hydrogens is 446 g/mol. The maximum atomic E-state index is 12.7. The van der Waals surface area contributed by atoms with Crippen LogP contribution in [0.4, 0.5) is 0 Å². The summed E-state index contributed by atoms with van der Waals surface area (Å²) in [5.74, 6) is -0.372. The molecule has 0 amide bonds. The van der Waals surface area contributed by atoms with Gasteiger partial charge in [0.15, 0.2) is 0 Å². The molecule has 0 atom stereocenters. The molecule has 0 saturated heterocycles. The molecule has 3 rings (SSSR count). The molecule has 0 aliphatic heterocycles. The van der Waals surface area contributed by atoms with Crippen LogP contribution in [0.25, 0.3) is 10.2 Å². The van der Waals surface area contributed by atoms with Crippen LogP contribution in [-0.2, 0) is 25.5 Å². The molecule has 0 radical (unpaired) electrons. The summed E-state index contributed by atoms with van der Waals surface area (Å²) in [5.41, 5.74) is 2.47. The van der Waals surface area contributed by atoms with E-state index in [4.69, 9.17) is 8.92 Å². The highest BCUT2D eigenvalue weighted by Gasteiger charge is 2.22. The van der Waals surface area contributed by atoms with Crippen LogP contribution in [0.5, 0.6) is 0 Å². The summed E-state index contributed by atoms with van der Waals surface area (Å²) in [6.07, 6.45) is 2.70. The SMILES string of the molecule is Cc1ccc(S(=O)(=O)OCCCCCc2nc3ccsc3cc2C(=O)OC(C)(C)C)cc1. The topological polar surface area (TPSA) is 82.6 Å². The van der Waals surface area contributed by atoms with Crippen molar-refractivity contribution in [3.05, 3.63) is 58.6 Å². The number of nitrogens with zero attached hydrogens (tertiary/aromatic N) is 1. The second-order valence-corrected chi connectivity index (χ2v) is 11.3. The van der Waals surface area contributed by atoms with E-state index < -0.39 is 15.7 Å². The van der Waals surface area contributed by atoms with Gasteiger partial charge in [-0.1, -0.05) is 24.1 Å². The normalized spacial score (nSPS) is 12.2. The van der Waals surface area contributed by atoms with Gasteiger partial charge in [0.1, 0.15) is 5.60 Å². The zero-order valence-electron chi connectivity index (χ0n) is 18.9. The third-order valence-corrected chi connectivity index (χ3v) is 6.92. The van der Waals surface area contributed by atoms with Crippen molar-refractivity contribution in [1.82, 2.24) is 4.98 Å². The quantitative estimate of drug-likeness (QED) is 0.225. The lowest BCUT2D eigenvalue weighted by molar-refractivity contribution is 0.00679. The summed E-state index contributed by atoms with van der Waals surface area (Å²) in [6, 6.07) is 10.4. The van der Waals surface area contributed by atoms with E-state index in [1.54, 1.807) is 24.3 Å². The van der Waals surface area contributed by atoms with Gasteiger partial charge < -0.3 is 4.74 Å². The predicted molar refractivity (Wildman–Crippen MR) is 127 cm³/mol. The first kappa shape index (κ1) is 24.4. The Morgan fingerprint density at radius 1 is 1.06 bits per heavy atom. The van der Waals surface area contributed by atoms with Gasteiger partial charge in [0, 0.05) is 0 Å². The molecule has 0 saturated carbocycles. The molecule has 0 fully saturated rings. The Bertz CT molecular complexity index is 1180. The maximum absolute atomic E-state index is 12.7. The Labute approximate surface area is 193 Å². The second kappa shape index (κ2) is 10.1. The lowest BCUT2D eigenvalue weighted by Crippen LogP contribution is -2.24. The highest BCUT2D eigenvalue weighted by atomic mass is 32.2. The minimum Gasteiger partial charge on any atom is -0.456 e. The van der Waals surface area contributed by atoms with Gasteiger partial charge in [-0.05, 0) is 76.6 Å². The molecule has 0 aliphatic carbocycles. The van der Waals surface area contributed by atoms with Crippen molar-refractivity contribution in [1.29, 1.82) is 0 Å².